The lowest BCUT2D eigenvalue weighted by Crippen LogP contribution is -2.81. The minimum atomic E-state index is -5.77. The van der Waals surface area contributed by atoms with Crippen molar-refractivity contribution in [3.63, 3.8) is 0 Å². The normalized spacial score (nSPS) is 16.8. The maximum Gasteiger partial charge on any atom is 0.453 e. The number of hydrogen-bond acceptors (Lipinski definition) is 2. The zero-order valence-electron chi connectivity index (χ0n) is 24.1. The van der Waals surface area contributed by atoms with Gasteiger partial charge in [-0.25, -0.2) is 70.7 Å². The van der Waals surface area contributed by atoms with Crippen LogP contribution in [-0.2, 0) is 4.65 Å². The Morgan fingerprint density at radius 2 is 0.939 bits per heavy atom. The molecule has 0 radical (unpaired) electrons. The van der Waals surface area contributed by atoms with Crippen molar-refractivity contribution in [2.24, 2.45) is 0 Å². The van der Waals surface area contributed by atoms with Crippen molar-refractivity contribution in [2.45, 2.75) is 38.1 Å². The number of halogens is 15. The number of nitrogens with zero attached hydrogens (tertiary/aromatic N) is 2. The molecule has 0 N–H and O–H groups in total. The number of rotatable bonds is 6. The summed E-state index contributed by atoms with van der Waals surface area (Å²) in [6.07, 6.45) is 1.09. The van der Waals surface area contributed by atoms with Crippen LogP contribution in [0.1, 0.15) is 37.7 Å². The molecule has 1 fully saturated rings. The van der Waals surface area contributed by atoms with Crippen LogP contribution in [0.5, 0.6) is 0 Å². The summed E-state index contributed by atoms with van der Waals surface area (Å²) in [5.74, 6) is -46.0. The van der Waals surface area contributed by atoms with Crippen molar-refractivity contribution >= 4 is 29.3 Å². The average Bonchev–Trinajstić information content (AvgIpc) is 3.08. The first-order chi connectivity index (χ1) is 23.0. The van der Waals surface area contributed by atoms with Crippen LogP contribution in [0.15, 0.2) is 12.7 Å². The zero-order chi connectivity index (χ0) is 36.4. The van der Waals surface area contributed by atoms with E-state index in [1.165, 1.54) is 0 Å². The Bertz CT molecular complexity index is 1820. The van der Waals surface area contributed by atoms with E-state index >= 15 is 26.3 Å². The SMILES string of the molecule is C=CCN1C(=O)[N+](C2CCCCC2)=C(c2c(F)c(F)c(F)c(F)c2F)O[B-]1(c1c(F)c(F)c(F)c(F)c1F)c1c(F)c(F)c(F)c(F)c1F. The molecule has 0 unspecified atom stereocenters. The molecular formula is C29H16BF15N2O2. The Kier molecular flexibility index (Phi) is 9.22. The van der Waals surface area contributed by atoms with Gasteiger partial charge in [-0.3, -0.25) is 0 Å². The number of benzene rings is 3. The molecule has 0 saturated heterocycles. The zero-order valence-corrected chi connectivity index (χ0v) is 24.1. The Morgan fingerprint density at radius 1 is 0.592 bits per heavy atom. The molecule has 2 aliphatic rings. The molecule has 0 bridgehead atoms. The van der Waals surface area contributed by atoms with Gasteiger partial charge in [0.05, 0.1) is 6.54 Å². The molecule has 0 atom stereocenters. The van der Waals surface area contributed by atoms with Gasteiger partial charge < -0.3 is 9.47 Å². The second-order valence-electron chi connectivity index (χ2n) is 11.0. The minimum absolute atomic E-state index is 0.138. The second kappa shape index (κ2) is 12.7. The van der Waals surface area contributed by atoms with Gasteiger partial charge in [0.15, 0.2) is 58.2 Å². The highest BCUT2D eigenvalue weighted by atomic mass is 19.2. The van der Waals surface area contributed by atoms with Crippen LogP contribution in [0.4, 0.5) is 70.7 Å². The van der Waals surface area contributed by atoms with Crippen molar-refractivity contribution in [2.75, 3.05) is 6.54 Å². The van der Waals surface area contributed by atoms with E-state index < -0.39 is 135 Å². The molecule has 49 heavy (non-hydrogen) atoms. The van der Waals surface area contributed by atoms with Crippen LogP contribution in [0.3, 0.4) is 0 Å². The van der Waals surface area contributed by atoms with Crippen molar-refractivity contribution in [3.05, 3.63) is 105 Å². The van der Waals surface area contributed by atoms with Crippen LogP contribution in [0, 0.1) is 87.3 Å². The average molecular weight is 720 g/mol. The van der Waals surface area contributed by atoms with E-state index in [0.29, 0.717) is 12.5 Å². The number of urea groups is 1. The number of hydrogen-bond donors (Lipinski definition) is 0. The minimum Gasteiger partial charge on any atom is -0.640 e. The van der Waals surface area contributed by atoms with E-state index in [4.69, 9.17) is 4.65 Å². The Labute approximate surface area is 264 Å². The summed E-state index contributed by atoms with van der Waals surface area (Å²) < 4.78 is 230. The Balaban J connectivity index is 2.10. The van der Waals surface area contributed by atoms with Gasteiger partial charge in [-0.1, -0.05) is 19.1 Å². The summed E-state index contributed by atoms with van der Waals surface area (Å²) in [6, 6.07) is -3.37. The molecule has 1 aliphatic carbocycles. The third-order valence-electron chi connectivity index (χ3n) is 8.35. The van der Waals surface area contributed by atoms with Crippen LogP contribution in [0.25, 0.3) is 0 Å². The predicted molar refractivity (Wildman–Crippen MR) is 138 cm³/mol. The molecule has 4 nitrogen and oxygen atoms in total. The summed E-state index contributed by atoms with van der Waals surface area (Å²) in [5, 5.41) is 0. The number of amides is 2. The maximum absolute atomic E-state index is 15.7. The van der Waals surface area contributed by atoms with Gasteiger partial charge in [0.1, 0.15) is 34.9 Å². The van der Waals surface area contributed by atoms with Crippen LogP contribution >= 0.6 is 0 Å². The molecule has 1 heterocycles. The van der Waals surface area contributed by atoms with Crippen molar-refractivity contribution < 1.29 is 79.9 Å². The second-order valence-corrected chi connectivity index (χ2v) is 11.0. The van der Waals surface area contributed by atoms with Gasteiger partial charge in [-0.2, -0.15) is 4.58 Å². The molecule has 0 spiro atoms. The topological polar surface area (TPSA) is 32.5 Å². The molecular weight excluding hydrogens is 704 g/mol. The van der Waals surface area contributed by atoms with E-state index in [1.807, 2.05) is 0 Å². The molecule has 20 heteroatoms. The van der Waals surface area contributed by atoms with Gasteiger partial charge in [0.2, 0.25) is 5.82 Å². The summed E-state index contributed by atoms with van der Waals surface area (Å²) in [7, 11) is 0. The maximum atomic E-state index is 15.7. The van der Waals surface area contributed by atoms with Gasteiger partial charge in [-0.15, -0.1) is 0 Å². The fraction of sp³-hybridized carbons (Fsp3) is 0.241. The lowest BCUT2D eigenvalue weighted by Gasteiger charge is -2.50. The fourth-order valence-corrected chi connectivity index (χ4v) is 6.17. The first kappa shape index (κ1) is 35.7. The third-order valence-corrected chi connectivity index (χ3v) is 8.35. The van der Waals surface area contributed by atoms with E-state index in [9.17, 15) is 44.3 Å². The number of carbonyl (C=O) groups is 1. The first-order valence-electron chi connectivity index (χ1n) is 13.9. The Hall–Kier alpha value is -4.65. The van der Waals surface area contributed by atoms with Gasteiger partial charge in [0, 0.05) is 0 Å². The van der Waals surface area contributed by atoms with Crippen molar-refractivity contribution in [3.8, 4) is 0 Å². The standard InChI is InChI=1S/C29H16BF15N2O2/c1-2-8-46-29(48)47(9-6-4-3-5-7-9)28(10-13(31)19(37)25(43)20(38)14(10)32)49-30(46,11-15(33)21(39)26(44)22(40)16(11)34)12-17(35)23(41)27(45)24(42)18(12)36/h2,9H,1,3-8H2. The Morgan fingerprint density at radius 3 is 1.31 bits per heavy atom. The summed E-state index contributed by atoms with van der Waals surface area (Å²) in [5.41, 5.74) is -7.51. The van der Waals surface area contributed by atoms with Gasteiger partial charge in [-0.05, 0) is 36.6 Å². The quantitative estimate of drug-likeness (QED) is 0.0705. The van der Waals surface area contributed by atoms with Crippen LogP contribution in [0.2, 0.25) is 0 Å². The molecule has 1 saturated carbocycles. The highest BCUT2D eigenvalue weighted by molar-refractivity contribution is 6.98. The van der Waals surface area contributed by atoms with Gasteiger partial charge >= 0.3 is 12.5 Å². The highest BCUT2D eigenvalue weighted by Crippen LogP contribution is 2.35. The molecule has 3 aromatic rings. The lowest BCUT2D eigenvalue weighted by atomic mass is 9.39. The first-order valence-corrected chi connectivity index (χ1v) is 13.9. The fourth-order valence-electron chi connectivity index (χ4n) is 6.17. The molecule has 2 amide bonds. The van der Waals surface area contributed by atoms with E-state index in [2.05, 4.69) is 6.58 Å². The highest BCUT2D eigenvalue weighted by Gasteiger charge is 2.61. The van der Waals surface area contributed by atoms with E-state index in [-0.39, 0.29) is 35.1 Å². The summed E-state index contributed by atoms with van der Waals surface area (Å²) >= 11 is 0. The van der Waals surface area contributed by atoms with Gasteiger partial charge in [0.25, 0.3) is 5.90 Å². The molecule has 1 aliphatic heterocycles. The third kappa shape index (κ3) is 5.03. The van der Waals surface area contributed by atoms with Crippen LogP contribution in [-0.4, -0.2) is 40.4 Å². The number of carbonyl (C=O) groups excluding carboxylic acids is 1. The largest absolute Gasteiger partial charge is 0.640 e. The summed E-state index contributed by atoms with van der Waals surface area (Å²) in [4.78, 5) is 14.1. The molecule has 3 aromatic carbocycles. The molecule has 5 rings (SSSR count). The van der Waals surface area contributed by atoms with E-state index in [0.717, 1.165) is 0 Å². The monoisotopic (exact) mass is 720 g/mol. The molecule has 0 aromatic heterocycles. The van der Waals surface area contributed by atoms with Crippen molar-refractivity contribution in [1.29, 1.82) is 0 Å². The lowest BCUT2D eigenvalue weighted by molar-refractivity contribution is -0.492. The predicted octanol–water partition coefficient (Wildman–Crippen LogP) is 6.76. The summed E-state index contributed by atoms with van der Waals surface area (Å²) in [6.45, 7) is -3.93. The van der Waals surface area contributed by atoms with E-state index in [1.54, 1.807) is 0 Å². The smallest absolute Gasteiger partial charge is 0.453 e. The van der Waals surface area contributed by atoms with Crippen LogP contribution < -0.4 is 10.9 Å². The van der Waals surface area contributed by atoms with Crippen molar-refractivity contribution in [1.82, 2.24) is 4.81 Å². The molecule has 262 valence electrons.